The molecule has 1 N–H and O–H groups in total. The molecule has 1 amide bonds. The summed E-state index contributed by atoms with van der Waals surface area (Å²) in [5, 5.41) is 14.9. The number of rotatable bonds is 6. The highest BCUT2D eigenvalue weighted by molar-refractivity contribution is 7.98. The molecule has 7 nitrogen and oxygen atoms in total. The second kappa shape index (κ2) is 7.01. The second-order valence-electron chi connectivity index (χ2n) is 3.81. The zero-order valence-electron chi connectivity index (χ0n) is 11.2. The number of hydrogen-bond donors (Lipinski definition) is 1. The summed E-state index contributed by atoms with van der Waals surface area (Å²) in [4.78, 5) is 11.6. The summed E-state index contributed by atoms with van der Waals surface area (Å²) in [5.41, 5.74) is 1.46. The van der Waals surface area contributed by atoms with Crippen LogP contribution in [0.1, 0.15) is 6.92 Å². The van der Waals surface area contributed by atoms with Gasteiger partial charge >= 0.3 is 0 Å². The predicted molar refractivity (Wildman–Crippen MR) is 76.1 cm³/mol. The summed E-state index contributed by atoms with van der Waals surface area (Å²) in [6, 6.07) is 7.31. The van der Waals surface area contributed by atoms with Crippen LogP contribution in [-0.4, -0.2) is 45.6 Å². The molecule has 1 heterocycles. The molecule has 0 saturated carbocycles. The highest BCUT2D eigenvalue weighted by Crippen LogP contribution is 2.18. The molecule has 2 aromatic rings. The third kappa shape index (κ3) is 3.55. The number of anilines is 1. The van der Waals surface area contributed by atoms with Gasteiger partial charge in [-0.2, -0.15) is 4.68 Å². The molecule has 0 aliphatic rings. The van der Waals surface area contributed by atoms with Crippen LogP contribution >= 0.6 is 11.8 Å². The van der Waals surface area contributed by atoms with Crippen molar-refractivity contribution in [2.45, 2.75) is 12.1 Å². The Balaban J connectivity index is 2.14. The number of carbonyl (C=O) groups is 1. The van der Waals surface area contributed by atoms with Crippen molar-refractivity contribution in [3.05, 3.63) is 24.3 Å². The molecule has 0 aliphatic carbocycles. The number of nitrogens with one attached hydrogen (secondary N) is 1. The summed E-state index contributed by atoms with van der Waals surface area (Å²) in [7, 11) is 0. The quantitative estimate of drug-likeness (QED) is 0.810. The Morgan fingerprint density at radius 1 is 1.50 bits per heavy atom. The van der Waals surface area contributed by atoms with Crippen LogP contribution < -0.4 is 5.32 Å². The zero-order chi connectivity index (χ0) is 14.4. The standard InChI is InChI=1S/C12H15N5O2S/c1-3-19-8-11(18)13-9-5-4-6-10(7-9)17-12(20-2)14-15-16-17/h4-7H,3,8H2,1-2H3,(H,13,18). The molecule has 0 aliphatic heterocycles. The van der Waals surface area contributed by atoms with E-state index in [0.29, 0.717) is 17.5 Å². The largest absolute Gasteiger partial charge is 0.372 e. The first-order valence-corrected chi connectivity index (χ1v) is 7.27. The number of amides is 1. The minimum Gasteiger partial charge on any atom is -0.372 e. The van der Waals surface area contributed by atoms with E-state index in [1.165, 1.54) is 11.8 Å². The Hall–Kier alpha value is -1.93. The van der Waals surface area contributed by atoms with E-state index in [-0.39, 0.29) is 12.5 Å². The van der Waals surface area contributed by atoms with Crippen LogP contribution in [0.25, 0.3) is 5.69 Å². The van der Waals surface area contributed by atoms with Crippen molar-refractivity contribution in [3.8, 4) is 5.69 Å². The first-order valence-electron chi connectivity index (χ1n) is 6.05. The highest BCUT2D eigenvalue weighted by atomic mass is 32.2. The van der Waals surface area contributed by atoms with Gasteiger partial charge in [0.25, 0.3) is 0 Å². The molecular formula is C12H15N5O2S. The number of thioether (sulfide) groups is 1. The molecule has 0 fully saturated rings. The molecule has 0 radical (unpaired) electrons. The third-order valence-electron chi connectivity index (χ3n) is 2.44. The van der Waals surface area contributed by atoms with Gasteiger partial charge in [0, 0.05) is 12.3 Å². The van der Waals surface area contributed by atoms with E-state index in [1.54, 1.807) is 16.8 Å². The SMILES string of the molecule is CCOCC(=O)Nc1cccc(-n2nnnc2SC)c1. The van der Waals surface area contributed by atoms with Crippen LogP contribution in [-0.2, 0) is 9.53 Å². The molecule has 1 aromatic carbocycles. The van der Waals surface area contributed by atoms with Gasteiger partial charge in [-0.05, 0) is 41.8 Å². The Morgan fingerprint density at radius 3 is 3.10 bits per heavy atom. The summed E-state index contributed by atoms with van der Waals surface area (Å²) >= 11 is 1.45. The molecule has 0 unspecified atom stereocenters. The van der Waals surface area contributed by atoms with Gasteiger partial charge in [0.05, 0.1) is 5.69 Å². The van der Waals surface area contributed by atoms with E-state index >= 15 is 0 Å². The Bertz CT molecular complexity index is 587. The molecule has 8 heteroatoms. The Morgan fingerprint density at radius 2 is 2.35 bits per heavy atom. The first-order chi connectivity index (χ1) is 9.74. The summed E-state index contributed by atoms with van der Waals surface area (Å²) in [6.07, 6.45) is 1.90. The second-order valence-corrected chi connectivity index (χ2v) is 4.59. The summed E-state index contributed by atoms with van der Waals surface area (Å²) < 4.78 is 6.67. The summed E-state index contributed by atoms with van der Waals surface area (Å²) in [6.45, 7) is 2.40. The molecule has 0 spiro atoms. The van der Waals surface area contributed by atoms with E-state index in [0.717, 1.165) is 5.69 Å². The molecule has 1 aromatic heterocycles. The number of ether oxygens (including phenoxy) is 1. The number of benzene rings is 1. The minimum absolute atomic E-state index is 0.0433. The zero-order valence-corrected chi connectivity index (χ0v) is 12.1. The van der Waals surface area contributed by atoms with Crippen LogP contribution in [0.15, 0.2) is 29.4 Å². The third-order valence-corrected chi connectivity index (χ3v) is 3.05. The summed E-state index contributed by atoms with van der Waals surface area (Å²) in [5.74, 6) is -0.189. The smallest absolute Gasteiger partial charge is 0.250 e. The molecule has 106 valence electrons. The fourth-order valence-electron chi connectivity index (χ4n) is 1.58. The van der Waals surface area contributed by atoms with Gasteiger partial charge in [-0.1, -0.05) is 17.8 Å². The van der Waals surface area contributed by atoms with E-state index < -0.39 is 0 Å². The van der Waals surface area contributed by atoms with E-state index in [4.69, 9.17) is 4.74 Å². The molecule has 0 bridgehead atoms. The van der Waals surface area contributed by atoms with Gasteiger partial charge in [-0.3, -0.25) is 4.79 Å². The van der Waals surface area contributed by atoms with Crippen molar-refractivity contribution in [2.24, 2.45) is 0 Å². The fraction of sp³-hybridized carbons (Fsp3) is 0.333. The monoisotopic (exact) mass is 293 g/mol. The van der Waals surface area contributed by atoms with Crippen molar-refractivity contribution in [1.29, 1.82) is 0 Å². The lowest BCUT2D eigenvalue weighted by atomic mass is 10.3. The fourth-order valence-corrected chi connectivity index (χ4v) is 2.01. The number of hydrogen-bond acceptors (Lipinski definition) is 6. The van der Waals surface area contributed by atoms with Crippen LogP contribution in [0.5, 0.6) is 0 Å². The van der Waals surface area contributed by atoms with Crippen molar-refractivity contribution in [1.82, 2.24) is 20.2 Å². The van der Waals surface area contributed by atoms with Gasteiger partial charge in [0.2, 0.25) is 11.1 Å². The van der Waals surface area contributed by atoms with Crippen molar-refractivity contribution in [2.75, 3.05) is 24.8 Å². The molecule has 0 saturated heterocycles. The highest BCUT2D eigenvalue weighted by Gasteiger charge is 2.08. The lowest BCUT2D eigenvalue weighted by Gasteiger charge is -2.08. The van der Waals surface area contributed by atoms with E-state index in [1.807, 2.05) is 25.3 Å². The van der Waals surface area contributed by atoms with Gasteiger partial charge in [0.15, 0.2) is 0 Å². The topological polar surface area (TPSA) is 81.9 Å². The lowest BCUT2D eigenvalue weighted by Crippen LogP contribution is -2.18. The van der Waals surface area contributed by atoms with Crippen molar-refractivity contribution < 1.29 is 9.53 Å². The molecule has 0 atom stereocenters. The van der Waals surface area contributed by atoms with Crippen molar-refractivity contribution in [3.63, 3.8) is 0 Å². The van der Waals surface area contributed by atoms with E-state index in [9.17, 15) is 4.79 Å². The average molecular weight is 293 g/mol. The average Bonchev–Trinajstić information content (AvgIpc) is 2.94. The maximum absolute atomic E-state index is 11.6. The van der Waals surface area contributed by atoms with Gasteiger partial charge in [-0.15, -0.1) is 5.10 Å². The van der Waals surface area contributed by atoms with Gasteiger partial charge in [0.1, 0.15) is 6.61 Å². The van der Waals surface area contributed by atoms with Crippen LogP contribution in [0.3, 0.4) is 0 Å². The lowest BCUT2D eigenvalue weighted by molar-refractivity contribution is -0.120. The van der Waals surface area contributed by atoms with Crippen molar-refractivity contribution >= 4 is 23.4 Å². The Labute approximate surface area is 120 Å². The molecule has 20 heavy (non-hydrogen) atoms. The number of tetrazole rings is 1. The molecular weight excluding hydrogens is 278 g/mol. The normalized spacial score (nSPS) is 10.5. The number of carbonyl (C=O) groups excluding carboxylic acids is 1. The van der Waals surface area contributed by atoms with Crippen LogP contribution in [0.4, 0.5) is 5.69 Å². The molecule has 2 rings (SSSR count). The first kappa shape index (κ1) is 14.5. The minimum atomic E-state index is -0.189. The van der Waals surface area contributed by atoms with E-state index in [2.05, 4.69) is 20.8 Å². The Kier molecular flexibility index (Phi) is 5.08. The number of aromatic nitrogens is 4. The number of nitrogens with zero attached hydrogens (tertiary/aromatic N) is 4. The maximum atomic E-state index is 11.6. The van der Waals surface area contributed by atoms with Gasteiger partial charge < -0.3 is 10.1 Å². The van der Waals surface area contributed by atoms with Gasteiger partial charge in [-0.25, -0.2) is 0 Å². The maximum Gasteiger partial charge on any atom is 0.250 e. The predicted octanol–water partition coefficient (Wildman–Crippen LogP) is 1.36. The van der Waals surface area contributed by atoms with Crippen LogP contribution in [0, 0.1) is 0 Å². The van der Waals surface area contributed by atoms with Crippen LogP contribution in [0.2, 0.25) is 0 Å².